The number of pyridine rings is 1. The van der Waals surface area contributed by atoms with E-state index in [-0.39, 0.29) is 22.4 Å². The van der Waals surface area contributed by atoms with Crippen molar-refractivity contribution in [3.05, 3.63) is 22.8 Å². The van der Waals surface area contributed by atoms with Crippen molar-refractivity contribution in [3.8, 4) is 0 Å². The quantitative estimate of drug-likeness (QED) is 0.809. The summed E-state index contributed by atoms with van der Waals surface area (Å²) in [7, 11) is -0.816. The number of halogens is 1. The van der Waals surface area contributed by atoms with Gasteiger partial charge >= 0.3 is 0 Å². The molecule has 0 aromatic carbocycles. The summed E-state index contributed by atoms with van der Waals surface area (Å²) in [5.41, 5.74) is 5.69. The van der Waals surface area contributed by atoms with Gasteiger partial charge < -0.3 is 10.6 Å². The zero-order chi connectivity index (χ0) is 12.4. The fourth-order valence-corrected chi connectivity index (χ4v) is 2.84. The number of hydrogen-bond acceptors (Lipinski definition) is 4. The van der Waals surface area contributed by atoms with Crippen LogP contribution in [0.2, 0.25) is 5.02 Å². The molecule has 5 nitrogen and oxygen atoms in total. The largest absolute Gasteiger partial charge is 0.384 e. The minimum absolute atomic E-state index is 0.166. The summed E-state index contributed by atoms with van der Waals surface area (Å²) < 4.78 is 11.2. The lowest BCUT2D eigenvalue weighted by atomic mass is 10.3. The molecule has 2 heterocycles. The van der Waals surface area contributed by atoms with Gasteiger partial charge in [0.15, 0.2) is 0 Å². The summed E-state index contributed by atoms with van der Waals surface area (Å²) in [5, 5.41) is 0.288. The number of amides is 1. The Kier molecular flexibility index (Phi) is 3.63. The highest BCUT2D eigenvalue weighted by Crippen LogP contribution is 2.17. The molecule has 0 radical (unpaired) electrons. The minimum atomic E-state index is -0.816. The highest BCUT2D eigenvalue weighted by Gasteiger charge is 2.24. The van der Waals surface area contributed by atoms with Crippen LogP contribution in [0.3, 0.4) is 0 Å². The van der Waals surface area contributed by atoms with Gasteiger partial charge in [0.05, 0.1) is 5.02 Å². The van der Waals surface area contributed by atoms with Gasteiger partial charge in [-0.3, -0.25) is 9.00 Å². The maximum absolute atomic E-state index is 12.1. The Bertz CT molecular complexity index is 471. The van der Waals surface area contributed by atoms with E-state index < -0.39 is 10.8 Å². The second-order valence-electron chi connectivity index (χ2n) is 3.71. The summed E-state index contributed by atoms with van der Waals surface area (Å²) in [6.07, 6.45) is 0. The van der Waals surface area contributed by atoms with Gasteiger partial charge in [-0.25, -0.2) is 4.98 Å². The third kappa shape index (κ3) is 2.76. The molecule has 7 heteroatoms. The first-order chi connectivity index (χ1) is 8.08. The predicted octanol–water partition coefficient (Wildman–Crippen LogP) is 0.522. The van der Waals surface area contributed by atoms with Gasteiger partial charge in [0.2, 0.25) is 0 Å². The molecule has 92 valence electrons. The van der Waals surface area contributed by atoms with E-state index in [1.54, 1.807) is 17.0 Å². The van der Waals surface area contributed by atoms with E-state index in [0.717, 1.165) is 0 Å². The van der Waals surface area contributed by atoms with E-state index in [0.29, 0.717) is 24.6 Å². The normalized spacial score (nSPS) is 17.1. The summed E-state index contributed by atoms with van der Waals surface area (Å²) in [5.74, 6) is 1.02. The Hall–Kier alpha value is -1.14. The van der Waals surface area contributed by atoms with Gasteiger partial charge in [0.25, 0.3) is 5.91 Å². The van der Waals surface area contributed by atoms with Crippen LogP contribution in [0.1, 0.15) is 10.5 Å². The van der Waals surface area contributed by atoms with Gasteiger partial charge in [-0.15, -0.1) is 0 Å². The zero-order valence-electron chi connectivity index (χ0n) is 9.06. The lowest BCUT2D eigenvalue weighted by Gasteiger charge is -2.26. The molecule has 1 amide bonds. The van der Waals surface area contributed by atoms with Crippen LogP contribution in [0.25, 0.3) is 0 Å². The lowest BCUT2D eigenvalue weighted by molar-refractivity contribution is 0.0766. The molecule has 0 bridgehead atoms. The molecule has 1 saturated heterocycles. The Morgan fingerprint density at radius 2 is 2.06 bits per heavy atom. The number of anilines is 1. The van der Waals surface area contributed by atoms with Crippen molar-refractivity contribution in [1.29, 1.82) is 0 Å². The SMILES string of the molecule is Nc1ccc(Cl)c(C(=O)N2CCS(=O)CC2)n1. The number of aromatic nitrogens is 1. The molecule has 1 aromatic rings. The summed E-state index contributed by atoms with van der Waals surface area (Å²) in [6.45, 7) is 0.941. The van der Waals surface area contributed by atoms with E-state index in [4.69, 9.17) is 17.3 Å². The second-order valence-corrected chi connectivity index (χ2v) is 5.81. The third-order valence-corrected chi connectivity index (χ3v) is 4.12. The van der Waals surface area contributed by atoms with E-state index >= 15 is 0 Å². The van der Waals surface area contributed by atoms with Crippen LogP contribution in [0.15, 0.2) is 12.1 Å². The van der Waals surface area contributed by atoms with Crippen LogP contribution in [0.4, 0.5) is 5.82 Å². The monoisotopic (exact) mass is 273 g/mol. The number of carbonyl (C=O) groups is 1. The Balaban J connectivity index is 2.19. The van der Waals surface area contributed by atoms with Gasteiger partial charge in [0.1, 0.15) is 11.5 Å². The van der Waals surface area contributed by atoms with Crippen molar-refractivity contribution < 1.29 is 9.00 Å². The first-order valence-corrected chi connectivity index (χ1v) is 7.01. The Labute approximate surface area is 106 Å². The maximum atomic E-state index is 12.1. The topological polar surface area (TPSA) is 76.3 Å². The average molecular weight is 274 g/mol. The fraction of sp³-hybridized carbons (Fsp3) is 0.400. The summed E-state index contributed by atoms with van der Waals surface area (Å²) in [4.78, 5) is 17.7. The van der Waals surface area contributed by atoms with Crippen molar-refractivity contribution in [2.45, 2.75) is 0 Å². The smallest absolute Gasteiger partial charge is 0.274 e. The molecule has 0 saturated carbocycles. The molecule has 1 aliphatic heterocycles. The van der Waals surface area contributed by atoms with Crippen molar-refractivity contribution in [2.75, 3.05) is 30.3 Å². The highest BCUT2D eigenvalue weighted by molar-refractivity contribution is 7.85. The van der Waals surface area contributed by atoms with Crippen molar-refractivity contribution in [3.63, 3.8) is 0 Å². The number of nitrogens with zero attached hydrogens (tertiary/aromatic N) is 2. The molecule has 0 unspecified atom stereocenters. The molecule has 0 aliphatic carbocycles. The van der Waals surface area contributed by atoms with Crippen LogP contribution < -0.4 is 5.73 Å². The molecule has 1 fully saturated rings. The number of carbonyl (C=O) groups excluding carboxylic acids is 1. The van der Waals surface area contributed by atoms with Crippen LogP contribution in [-0.2, 0) is 10.8 Å². The zero-order valence-corrected chi connectivity index (χ0v) is 10.6. The highest BCUT2D eigenvalue weighted by atomic mass is 35.5. The summed E-state index contributed by atoms with van der Waals surface area (Å²) >= 11 is 5.91. The number of nitrogens with two attached hydrogens (primary N) is 1. The molecule has 2 rings (SSSR count). The van der Waals surface area contributed by atoms with Crippen LogP contribution in [0, 0.1) is 0 Å². The van der Waals surface area contributed by atoms with Crippen LogP contribution in [0.5, 0.6) is 0 Å². The molecule has 2 N–H and O–H groups in total. The van der Waals surface area contributed by atoms with E-state index in [1.807, 2.05) is 0 Å². The van der Waals surface area contributed by atoms with E-state index in [2.05, 4.69) is 4.98 Å². The number of nitrogen functional groups attached to an aromatic ring is 1. The van der Waals surface area contributed by atoms with E-state index in [9.17, 15) is 9.00 Å². The molecule has 17 heavy (non-hydrogen) atoms. The second kappa shape index (κ2) is 5.01. The van der Waals surface area contributed by atoms with Gasteiger partial charge in [-0.05, 0) is 12.1 Å². The molecular weight excluding hydrogens is 262 g/mol. The predicted molar refractivity (Wildman–Crippen MR) is 67.4 cm³/mol. The van der Waals surface area contributed by atoms with E-state index in [1.165, 1.54) is 0 Å². The molecular formula is C10H12ClN3O2S. The Morgan fingerprint density at radius 3 is 2.71 bits per heavy atom. The lowest BCUT2D eigenvalue weighted by Crippen LogP contribution is -2.42. The van der Waals surface area contributed by atoms with Crippen LogP contribution >= 0.6 is 11.6 Å². The van der Waals surface area contributed by atoms with Gasteiger partial charge in [-0.1, -0.05) is 11.6 Å². The molecule has 1 aromatic heterocycles. The standard InChI is InChI=1S/C10H12ClN3O2S/c11-7-1-2-8(12)13-9(7)10(15)14-3-5-17(16)6-4-14/h1-2H,3-6H2,(H2,12,13). The first kappa shape index (κ1) is 12.3. The number of rotatable bonds is 1. The first-order valence-electron chi connectivity index (χ1n) is 5.14. The Morgan fingerprint density at radius 1 is 1.41 bits per heavy atom. The van der Waals surface area contributed by atoms with Crippen molar-refractivity contribution >= 4 is 34.1 Å². The van der Waals surface area contributed by atoms with Crippen LogP contribution in [-0.4, -0.2) is 44.6 Å². The molecule has 1 aliphatic rings. The minimum Gasteiger partial charge on any atom is -0.384 e. The maximum Gasteiger partial charge on any atom is 0.274 e. The van der Waals surface area contributed by atoms with Gasteiger partial charge in [0, 0.05) is 35.4 Å². The summed E-state index contributed by atoms with van der Waals surface area (Å²) in [6, 6.07) is 3.10. The molecule has 0 atom stereocenters. The third-order valence-electron chi connectivity index (χ3n) is 2.54. The molecule has 0 spiro atoms. The van der Waals surface area contributed by atoms with Gasteiger partial charge in [-0.2, -0.15) is 0 Å². The fourth-order valence-electron chi connectivity index (χ4n) is 1.60. The van der Waals surface area contributed by atoms with Crippen molar-refractivity contribution in [2.24, 2.45) is 0 Å². The average Bonchev–Trinajstić information content (AvgIpc) is 2.32. The van der Waals surface area contributed by atoms with Crippen molar-refractivity contribution in [1.82, 2.24) is 9.88 Å². The number of hydrogen-bond donors (Lipinski definition) is 1.